The lowest BCUT2D eigenvalue weighted by molar-refractivity contribution is 0.615. The van der Waals surface area contributed by atoms with Crippen molar-refractivity contribution in [2.75, 3.05) is 18.0 Å². The van der Waals surface area contributed by atoms with Crippen LogP contribution in [0, 0.1) is 6.92 Å². The van der Waals surface area contributed by atoms with Gasteiger partial charge in [0.15, 0.2) is 0 Å². The quantitative estimate of drug-likeness (QED) is 0.758. The summed E-state index contributed by atoms with van der Waals surface area (Å²) in [4.78, 5) is 2.33. The van der Waals surface area contributed by atoms with Crippen molar-refractivity contribution in [3.8, 4) is 0 Å². The Morgan fingerprint density at radius 2 is 1.93 bits per heavy atom. The molecule has 2 heteroatoms. The normalized spacial score (nSPS) is 10.9. The standard InChI is InChI=1S/C13H17NO/c1-4-14(5-2)11-8-10(3)12-6-7-15-13(12)9-11/h6-9H,4-5H2,1-3H3. The van der Waals surface area contributed by atoms with E-state index < -0.39 is 0 Å². The van der Waals surface area contributed by atoms with E-state index in [4.69, 9.17) is 4.42 Å². The van der Waals surface area contributed by atoms with E-state index in [1.54, 1.807) is 6.26 Å². The summed E-state index contributed by atoms with van der Waals surface area (Å²) in [5.74, 6) is 0. The van der Waals surface area contributed by atoms with Gasteiger partial charge in [0, 0.05) is 30.2 Å². The first-order valence-electron chi connectivity index (χ1n) is 5.49. The summed E-state index contributed by atoms with van der Waals surface area (Å²) >= 11 is 0. The van der Waals surface area contributed by atoms with Crippen molar-refractivity contribution in [2.24, 2.45) is 0 Å². The zero-order valence-corrected chi connectivity index (χ0v) is 9.58. The van der Waals surface area contributed by atoms with Gasteiger partial charge in [0.25, 0.3) is 0 Å². The molecule has 0 aliphatic carbocycles. The zero-order chi connectivity index (χ0) is 10.8. The van der Waals surface area contributed by atoms with Gasteiger partial charge in [-0.1, -0.05) is 0 Å². The Kier molecular flexibility index (Phi) is 2.67. The lowest BCUT2D eigenvalue weighted by Gasteiger charge is -2.21. The van der Waals surface area contributed by atoms with Gasteiger partial charge in [0.1, 0.15) is 5.58 Å². The van der Waals surface area contributed by atoms with Gasteiger partial charge >= 0.3 is 0 Å². The Balaban J connectivity index is 2.52. The van der Waals surface area contributed by atoms with Crippen molar-refractivity contribution in [2.45, 2.75) is 20.8 Å². The smallest absolute Gasteiger partial charge is 0.136 e. The first-order valence-corrected chi connectivity index (χ1v) is 5.49. The summed E-state index contributed by atoms with van der Waals surface area (Å²) in [6, 6.07) is 6.37. The molecule has 0 radical (unpaired) electrons. The Morgan fingerprint density at radius 1 is 1.20 bits per heavy atom. The molecule has 0 spiro atoms. The number of rotatable bonds is 3. The second kappa shape index (κ2) is 3.97. The van der Waals surface area contributed by atoms with Crippen LogP contribution in [0.1, 0.15) is 19.4 Å². The SMILES string of the molecule is CCN(CC)c1cc(C)c2ccoc2c1. The van der Waals surface area contributed by atoms with Gasteiger partial charge in [-0.15, -0.1) is 0 Å². The Bertz CT molecular complexity index is 455. The number of furan rings is 1. The van der Waals surface area contributed by atoms with Crippen LogP contribution in [0.5, 0.6) is 0 Å². The summed E-state index contributed by atoms with van der Waals surface area (Å²) in [6.07, 6.45) is 1.75. The summed E-state index contributed by atoms with van der Waals surface area (Å²) in [5.41, 5.74) is 3.51. The molecule has 80 valence electrons. The molecule has 0 atom stereocenters. The monoisotopic (exact) mass is 203 g/mol. The fourth-order valence-corrected chi connectivity index (χ4v) is 2.01. The summed E-state index contributed by atoms with van der Waals surface area (Å²) < 4.78 is 5.45. The summed E-state index contributed by atoms with van der Waals surface area (Å²) in [5, 5.41) is 1.21. The second-order valence-electron chi connectivity index (χ2n) is 3.77. The molecular formula is C13H17NO. The van der Waals surface area contributed by atoms with Crippen molar-refractivity contribution in [1.29, 1.82) is 0 Å². The lowest BCUT2D eigenvalue weighted by atomic mass is 10.1. The predicted molar refractivity (Wildman–Crippen MR) is 64.5 cm³/mol. The Hall–Kier alpha value is -1.44. The van der Waals surface area contributed by atoms with Crippen LogP contribution in [0.4, 0.5) is 5.69 Å². The topological polar surface area (TPSA) is 16.4 Å². The first-order chi connectivity index (χ1) is 7.26. The van der Waals surface area contributed by atoms with Gasteiger partial charge in [-0.3, -0.25) is 0 Å². The summed E-state index contributed by atoms with van der Waals surface area (Å²) in [6.45, 7) is 8.53. The molecular weight excluding hydrogens is 186 g/mol. The van der Waals surface area contributed by atoms with Crippen molar-refractivity contribution in [3.63, 3.8) is 0 Å². The average Bonchev–Trinajstić information content (AvgIpc) is 2.68. The molecule has 0 saturated heterocycles. The van der Waals surface area contributed by atoms with E-state index in [0.717, 1.165) is 18.7 Å². The maximum Gasteiger partial charge on any atom is 0.136 e. The highest BCUT2D eigenvalue weighted by atomic mass is 16.3. The molecule has 0 N–H and O–H groups in total. The maximum atomic E-state index is 5.45. The molecule has 2 rings (SSSR count). The average molecular weight is 203 g/mol. The number of hydrogen-bond acceptors (Lipinski definition) is 2. The van der Waals surface area contributed by atoms with Gasteiger partial charge in [-0.25, -0.2) is 0 Å². The fraction of sp³-hybridized carbons (Fsp3) is 0.385. The fourth-order valence-electron chi connectivity index (χ4n) is 2.01. The van der Waals surface area contributed by atoms with E-state index in [9.17, 15) is 0 Å². The number of anilines is 1. The molecule has 0 aliphatic heterocycles. The molecule has 0 amide bonds. The van der Waals surface area contributed by atoms with Crippen LogP contribution in [0.15, 0.2) is 28.9 Å². The van der Waals surface area contributed by atoms with Crippen LogP contribution in [0.3, 0.4) is 0 Å². The maximum absolute atomic E-state index is 5.45. The number of aryl methyl sites for hydroxylation is 1. The highest BCUT2D eigenvalue weighted by molar-refractivity contribution is 5.84. The minimum atomic E-state index is 0.983. The van der Waals surface area contributed by atoms with Crippen LogP contribution in [-0.4, -0.2) is 13.1 Å². The van der Waals surface area contributed by atoms with Crippen LogP contribution < -0.4 is 4.90 Å². The molecule has 0 aliphatic rings. The lowest BCUT2D eigenvalue weighted by Crippen LogP contribution is -2.21. The van der Waals surface area contributed by atoms with Gasteiger partial charge < -0.3 is 9.32 Å². The van der Waals surface area contributed by atoms with Gasteiger partial charge in [0.2, 0.25) is 0 Å². The van der Waals surface area contributed by atoms with Gasteiger partial charge in [-0.05, 0) is 38.5 Å². The van der Waals surface area contributed by atoms with Crippen molar-refractivity contribution in [1.82, 2.24) is 0 Å². The highest BCUT2D eigenvalue weighted by Crippen LogP contribution is 2.26. The third-order valence-electron chi connectivity index (χ3n) is 2.89. The van der Waals surface area contributed by atoms with E-state index in [1.165, 1.54) is 16.6 Å². The van der Waals surface area contributed by atoms with E-state index in [-0.39, 0.29) is 0 Å². The molecule has 15 heavy (non-hydrogen) atoms. The van der Waals surface area contributed by atoms with Crippen molar-refractivity contribution >= 4 is 16.7 Å². The van der Waals surface area contributed by atoms with E-state index >= 15 is 0 Å². The second-order valence-corrected chi connectivity index (χ2v) is 3.77. The molecule has 0 bridgehead atoms. The van der Waals surface area contributed by atoms with Crippen LogP contribution in [0.25, 0.3) is 11.0 Å². The number of fused-ring (bicyclic) bond motifs is 1. The first kappa shape index (κ1) is 10.1. The van der Waals surface area contributed by atoms with Crippen molar-refractivity contribution in [3.05, 3.63) is 30.0 Å². The third kappa shape index (κ3) is 1.72. The van der Waals surface area contributed by atoms with E-state index in [2.05, 4.69) is 37.8 Å². The molecule has 0 unspecified atom stereocenters. The van der Waals surface area contributed by atoms with Gasteiger partial charge in [0.05, 0.1) is 6.26 Å². The Morgan fingerprint density at radius 3 is 2.60 bits per heavy atom. The van der Waals surface area contributed by atoms with Crippen LogP contribution >= 0.6 is 0 Å². The molecule has 2 nitrogen and oxygen atoms in total. The van der Waals surface area contributed by atoms with Gasteiger partial charge in [-0.2, -0.15) is 0 Å². The highest BCUT2D eigenvalue weighted by Gasteiger charge is 2.07. The molecule has 2 aromatic rings. The minimum absolute atomic E-state index is 0.983. The minimum Gasteiger partial charge on any atom is -0.464 e. The molecule has 0 saturated carbocycles. The van der Waals surface area contributed by atoms with Crippen LogP contribution in [0.2, 0.25) is 0 Å². The molecule has 1 aromatic heterocycles. The summed E-state index contributed by atoms with van der Waals surface area (Å²) in [7, 11) is 0. The Labute approximate surface area is 90.5 Å². The number of nitrogens with zero attached hydrogens (tertiary/aromatic N) is 1. The zero-order valence-electron chi connectivity index (χ0n) is 9.58. The van der Waals surface area contributed by atoms with Crippen LogP contribution in [-0.2, 0) is 0 Å². The van der Waals surface area contributed by atoms with E-state index in [1.807, 2.05) is 6.07 Å². The molecule has 0 fully saturated rings. The van der Waals surface area contributed by atoms with E-state index in [0.29, 0.717) is 0 Å². The molecule has 1 heterocycles. The largest absolute Gasteiger partial charge is 0.464 e. The number of benzene rings is 1. The third-order valence-corrected chi connectivity index (χ3v) is 2.89. The number of hydrogen-bond donors (Lipinski definition) is 0. The predicted octanol–water partition coefficient (Wildman–Crippen LogP) is 3.59. The van der Waals surface area contributed by atoms with Crippen molar-refractivity contribution < 1.29 is 4.42 Å². The molecule has 1 aromatic carbocycles.